The summed E-state index contributed by atoms with van der Waals surface area (Å²) >= 11 is 11.8. The Morgan fingerprint density at radius 3 is 2.72 bits per heavy atom. The molecule has 8 heteroatoms. The number of aromatic nitrogens is 3. The van der Waals surface area contributed by atoms with Crippen molar-refractivity contribution in [3.05, 3.63) is 64.4 Å². The minimum absolute atomic E-state index is 0.286. The molecule has 2 amide bonds. The van der Waals surface area contributed by atoms with Crippen LogP contribution in [0.4, 0.5) is 10.5 Å². The number of rotatable bonds is 4. The van der Waals surface area contributed by atoms with Crippen molar-refractivity contribution >= 4 is 34.9 Å². The Kier molecular flexibility index (Phi) is 5.21. The number of pyridine rings is 1. The summed E-state index contributed by atoms with van der Waals surface area (Å²) in [7, 11) is 1.84. The lowest BCUT2D eigenvalue weighted by molar-refractivity contribution is 0.251. The smallest absolute Gasteiger partial charge is 0.319 e. The molecular weight excluding hydrogens is 361 g/mol. The number of nitrogens with one attached hydrogen (secondary N) is 2. The molecule has 0 unspecified atom stereocenters. The van der Waals surface area contributed by atoms with E-state index in [0.29, 0.717) is 15.7 Å². The van der Waals surface area contributed by atoms with Crippen molar-refractivity contribution in [2.45, 2.75) is 6.54 Å². The van der Waals surface area contributed by atoms with E-state index in [1.165, 1.54) is 0 Å². The second kappa shape index (κ2) is 7.55. The lowest BCUT2D eigenvalue weighted by Crippen LogP contribution is -2.28. The highest BCUT2D eigenvalue weighted by atomic mass is 35.5. The van der Waals surface area contributed by atoms with Crippen LogP contribution in [0.1, 0.15) is 5.69 Å². The molecule has 0 radical (unpaired) electrons. The molecule has 0 aliphatic heterocycles. The monoisotopic (exact) mass is 375 g/mol. The van der Waals surface area contributed by atoms with Crippen molar-refractivity contribution in [1.29, 1.82) is 0 Å². The number of carbonyl (C=O) groups excluding carboxylic acids is 1. The average molecular weight is 376 g/mol. The molecular formula is C17H15Cl2N5O. The molecule has 25 heavy (non-hydrogen) atoms. The first-order valence-electron chi connectivity index (χ1n) is 7.47. The molecule has 0 fully saturated rings. The van der Waals surface area contributed by atoms with Gasteiger partial charge < -0.3 is 10.6 Å². The number of carbonyl (C=O) groups is 1. The highest BCUT2D eigenvalue weighted by molar-refractivity contribution is 6.42. The Hall–Kier alpha value is -2.57. The number of halogens is 2. The van der Waals surface area contributed by atoms with Gasteiger partial charge >= 0.3 is 6.03 Å². The molecule has 128 valence electrons. The average Bonchev–Trinajstić information content (AvgIpc) is 2.98. The molecule has 3 rings (SSSR count). The van der Waals surface area contributed by atoms with Gasteiger partial charge in [-0.15, -0.1) is 0 Å². The largest absolute Gasteiger partial charge is 0.332 e. The molecule has 0 aliphatic rings. The second-order valence-corrected chi connectivity index (χ2v) is 6.11. The van der Waals surface area contributed by atoms with Crippen molar-refractivity contribution in [3.63, 3.8) is 0 Å². The fourth-order valence-electron chi connectivity index (χ4n) is 2.29. The molecule has 0 aliphatic carbocycles. The Labute approximate surface area is 154 Å². The van der Waals surface area contributed by atoms with Crippen molar-refractivity contribution < 1.29 is 4.79 Å². The topological polar surface area (TPSA) is 71.8 Å². The Morgan fingerprint density at radius 2 is 2.00 bits per heavy atom. The minimum atomic E-state index is -0.358. The van der Waals surface area contributed by atoms with Crippen LogP contribution in [0.5, 0.6) is 0 Å². The van der Waals surface area contributed by atoms with Gasteiger partial charge in [-0.05, 0) is 36.4 Å². The first kappa shape index (κ1) is 17.3. The third kappa shape index (κ3) is 4.29. The van der Waals surface area contributed by atoms with Gasteiger partial charge in [0.05, 0.1) is 33.7 Å². The van der Waals surface area contributed by atoms with Crippen molar-refractivity contribution in [2.24, 2.45) is 7.05 Å². The van der Waals surface area contributed by atoms with E-state index >= 15 is 0 Å². The number of amides is 2. The van der Waals surface area contributed by atoms with Crippen molar-refractivity contribution in [3.8, 4) is 11.4 Å². The fourth-order valence-corrected chi connectivity index (χ4v) is 2.59. The Balaban J connectivity index is 1.62. The zero-order valence-electron chi connectivity index (χ0n) is 13.3. The number of anilines is 1. The van der Waals surface area contributed by atoms with E-state index in [1.54, 1.807) is 29.1 Å². The van der Waals surface area contributed by atoms with Crippen LogP contribution >= 0.6 is 23.2 Å². The highest BCUT2D eigenvalue weighted by Gasteiger charge is 2.10. The van der Waals surface area contributed by atoms with Gasteiger partial charge in [0.25, 0.3) is 0 Å². The van der Waals surface area contributed by atoms with E-state index in [0.717, 1.165) is 17.1 Å². The molecule has 2 N–H and O–H groups in total. The molecule has 2 heterocycles. The van der Waals surface area contributed by atoms with Gasteiger partial charge in [-0.3, -0.25) is 9.67 Å². The van der Waals surface area contributed by atoms with Gasteiger partial charge in [-0.1, -0.05) is 29.3 Å². The molecule has 0 saturated heterocycles. The van der Waals surface area contributed by atoms with Gasteiger partial charge in [0, 0.05) is 18.9 Å². The van der Waals surface area contributed by atoms with Crippen LogP contribution in [0.25, 0.3) is 11.4 Å². The molecule has 0 saturated carbocycles. The third-order valence-corrected chi connectivity index (χ3v) is 4.20. The summed E-state index contributed by atoms with van der Waals surface area (Å²) in [5.41, 5.74) is 2.99. The van der Waals surface area contributed by atoms with Crippen LogP contribution < -0.4 is 10.6 Å². The molecule has 2 aromatic heterocycles. The number of benzene rings is 1. The SMILES string of the molecule is Cn1nc(CNC(=O)Nc2ccc(Cl)c(Cl)c2)cc1-c1ccccn1. The summed E-state index contributed by atoms with van der Waals surface area (Å²) in [6.07, 6.45) is 1.73. The van der Waals surface area contributed by atoms with E-state index in [-0.39, 0.29) is 12.6 Å². The lowest BCUT2D eigenvalue weighted by atomic mass is 10.2. The Morgan fingerprint density at radius 1 is 1.16 bits per heavy atom. The maximum Gasteiger partial charge on any atom is 0.319 e. The van der Waals surface area contributed by atoms with Crippen molar-refractivity contribution in [1.82, 2.24) is 20.1 Å². The summed E-state index contributed by atoms with van der Waals surface area (Å²) in [6, 6.07) is 12.1. The number of urea groups is 1. The van der Waals surface area contributed by atoms with Crippen LogP contribution in [0.2, 0.25) is 10.0 Å². The van der Waals surface area contributed by atoms with Gasteiger partial charge in [0.15, 0.2) is 0 Å². The maximum absolute atomic E-state index is 12.0. The first-order chi connectivity index (χ1) is 12.0. The molecule has 6 nitrogen and oxygen atoms in total. The number of aryl methyl sites for hydroxylation is 1. The normalized spacial score (nSPS) is 10.5. The van der Waals surface area contributed by atoms with E-state index in [1.807, 2.05) is 31.3 Å². The quantitative estimate of drug-likeness (QED) is 0.720. The minimum Gasteiger partial charge on any atom is -0.332 e. The molecule has 3 aromatic rings. The maximum atomic E-state index is 12.0. The summed E-state index contributed by atoms with van der Waals surface area (Å²) < 4.78 is 1.73. The standard InChI is InChI=1S/C17H15Cl2N5O/c1-24-16(15-4-2-3-7-20-15)9-12(23-24)10-21-17(25)22-11-5-6-13(18)14(19)8-11/h2-9H,10H2,1H3,(H2,21,22,25). The zero-order valence-corrected chi connectivity index (χ0v) is 14.8. The van der Waals surface area contributed by atoms with Crippen LogP contribution in [0.3, 0.4) is 0 Å². The third-order valence-electron chi connectivity index (χ3n) is 3.47. The lowest BCUT2D eigenvalue weighted by Gasteiger charge is -2.07. The molecule has 0 spiro atoms. The van der Waals surface area contributed by atoms with Gasteiger partial charge in [-0.2, -0.15) is 5.10 Å². The van der Waals surface area contributed by atoms with E-state index in [9.17, 15) is 4.79 Å². The predicted octanol–water partition coefficient (Wildman–Crippen LogP) is 4.11. The summed E-state index contributed by atoms with van der Waals surface area (Å²) in [5, 5.41) is 10.6. The van der Waals surface area contributed by atoms with Crippen molar-refractivity contribution in [2.75, 3.05) is 5.32 Å². The molecule has 1 aromatic carbocycles. The Bertz CT molecular complexity index is 895. The first-order valence-corrected chi connectivity index (χ1v) is 8.23. The summed E-state index contributed by atoms with van der Waals surface area (Å²) in [4.78, 5) is 16.3. The van der Waals surface area contributed by atoms with Gasteiger partial charge in [-0.25, -0.2) is 4.79 Å². The molecule has 0 bridgehead atoms. The van der Waals surface area contributed by atoms with Crippen LogP contribution in [0, 0.1) is 0 Å². The number of nitrogens with zero attached hydrogens (tertiary/aromatic N) is 3. The molecule has 0 atom stereocenters. The van der Waals surface area contributed by atoms with E-state index < -0.39 is 0 Å². The van der Waals surface area contributed by atoms with E-state index in [4.69, 9.17) is 23.2 Å². The van der Waals surface area contributed by atoms with Crippen LogP contribution in [0.15, 0.2) is 48.7 Å². The van der Waals surface area contributed by atoms with Crippen LogP contribution in [-0.4, -0.2) is 20.8 Å². The summed E-state index contributed by atoms with van der Waals surface area (Å²) in [6.45, 7) is 0.286. The van der Waals surface area contributed by atoms with Crippen LogP contribution in [-0.2, 0) is 13.6 Å². The zero-order chi connectivity index (χ0) is 17.8. The fraction of sp³-hybridized carbons (Fsp3) is 0.118. The number of hydrogen-bond acceptors (Lipinski definition) is 3. The number of hydrogen-bond donors (Lipinski definition) is 2. The van der Waals surface area contributed by atoms with E-state index in [2.05, 4.69) is 20.7 Å². The van der Waals surface area contributed by atoms with Gasteiger partial charge in [0.1, 0.15) is 0 Å². The predicted molar refractivity (Wildman–Crippen MR) is 98.8 cm³/mol. The highest BCUT2D eigenvalue weighted by Crippen LogP contribution is 2.25. The second-order valence-electron chi connectivity index (χ2n) is 5.30. The summed E-state index contributed by atoms with van der Waals surface area (Å²) in [5.74, 6) is 0. The van der Waals surface area contributed by atoms with Gasteiger partial charge in [0.2, 0.25) is 0 Å².